The molecule has 2 unspecified atom stereocenters. The number of phenols is 2. The van der Waals surface area contributed by atoms with Gasteiger partial charge in [-0.2, -0.15) is 0 Å². The highest BCUT2D eigenvalue weighted by Crippen LogP contribution is 2.38. The molecule has 0 amide bonds. The van der Waals surface area contributed by atoms with Crippen LogP contribution in [0, 0.1) is 11.8 Å². The minimum atomic E-state index is 0.162. The predicted octanol–water partition coefficient (Wildman–Crippen LogP) is 5.92. The third kappa shape index (κ3) is 4.66. The molecule has 132 valence electrons. The molecule has 0 fully saturated rings. The van der Waals surface area contributed by atoms with Gasteiger partial charge in [-0.3, -0.25) is 0 Å². The average Bonchev–Trinajstić information content (AvgIpc) is 2.50. The molecule has 0 aliphatic heterocycles. The van der Waals surface area contributed by atoms with Gasteiger partial charge in [0.15, 0.2) is 0 Å². The van der Waals surface area contributed by atoms with Crippen molar-refractivity contribution in [1.82, 2.24) is 0 Å². The lowest BCUT2D eigenvalue weighted by Crippen LogP contribution is -2.21. The third-order valence-electron chi connectivity index (χ3n) is 5.29. The maximum Gasteiger partial charge on any atom is 0.122 e. The van der Waals surface area contributed by atoms with Gasteiger partial charge in [0.25, 0.3) is 0 Å². The zero-order valence-corrected chi connectivity index (χ0v) is 15.4. The molecule has 0 aromatic heterocycles. The number of aromatic hydroxyl groups is 2. The fourth-order valence-corrected chi connectivity index (χ4v) is 3.93. The quantitative estimate of drug-likeness (QED) is 0.481. The highest BCUT2D eigenvalue weighted by molar-refractivity contribution is 5.46. The highest BCUT2D eigenvalue weighted by Gasteiger charge is 2.26. The molecule has 0 radical (unpaired) electrons. The molecule has 2 atom stereocenters. The first-order chi connectivity index (χ1) is 11.4. The lowest BCUT2D eigenvalue weighted by molar-refractivity contribution is 0.387. The Kier molecular flexibility index (Phi) is 6.53. The molecule has 0 saturated carbocycles. The van der Waals surface area contributed by atoms with Gasteiger partial charge < -0.3 is 10.2 Å². The number of hydrogen-bond donors (Lipinski definition) is 2. The monoisotopic (exact) mass is 328 g/mol. The van der Waals surface area contributed by atoms with Crippen LogP contribution < -0.4 is 0 Å². The van der Waals surface area contributed by atoms with Crippen molar-refractivity contribution in [1.29, 1.82) is 0 Å². The molecule has 1 aromatic carbocycles. The van der Waals surface area contributed by atoms with Crippen LogP contribution in [0.3, 0.4) is 0 Å². The number of aryl methyl sites for hydroxylation is 1. The van der Waals surface area contributed by atoms with Crippen LogP contribution in [0.5, 0.6) is 11.5 Å². The summed E-state index contributed by atoms with van der Waals surface area (Å²) in [7, 11) is 0. The van der Waals surface area contributed by atoms with Gasteiger partial charge in [-0.1, -0.05) is 43.6 Å². The summed E-state index contributed by atoms with van der Waals surface area (Å²) < 4.78 is 0. The van der Waals surface area contributed by atoms with Crippen LogP contribution in [-0.4, -0.2) is 10.2 Å². The summed E-state index contributed by atoms with van der Waals surface area (Å²) in [5, 5.41) is 20.3. The molecule has 24 heavy (non-hydrogen) atoms. The van der Waals surface area contributed by atoms with Crippen molar-refractivity contribution in [3.63, 3.8) is 0 Å². The van der Waals surface area contributed by atoms with Gasteiger partial charge in [0.2, 0.25) is 0 Å². The molecule has 2 rings (SSSR count). The number of hydrogen-bond acceptors (Lipinski definition) is 2. The van der Waals surface area contributed by atoms with Crippen LogP contribution in [0.4, 0.5) is 0 Å². The smallest absolute Gasteiger partial charge is 0.122 e. The molecule has 2 N–H and O–H groups in total. The molecule has 1 aliphatic carbocycles. The molecule has 2 heteroatoms. The van der Waals surface area contributed by atoms with E-state index in [0.717, 1.165) is 43.2 Å². The Hall–Kier alpha value is -1.70. The number of benzene rings is 1. The summed E-state index contributed by atoms with van der Waals surface area (Å²) in [6, 6.07) is 3.31. The molecule has 0 saturated heterocycles. The molecule has 1 aliphatic rings. The Balaban J connectivity index is 2.29. The van der Waals surface area contributed by atoms with E-state index in [2.05, 4.69) is 33.4 Å². The number of unbranched alkanes of at least 4 members (excludes halogenated alkanes) is 2. The summed E-state index contributed by atoms with van der Waals surface area (Å²) in [6.07, 6.45) is 9.82. The number of rotatable bonds is 7. The minimum Gasteiger partial charge on any atom is -0.508 e. The molecule has 0 spiro atoms. The zero-order valence-electron chi connectivity index (χ0n) is 15.4. The SMILES string of the molecule is C=C(C)C1CCC(C)=CC1Cc1c(O)cc(O)cc1CCCCC. The first-order valence-electron chi connectivity index (χ1n) is 9.28. The Morgan fingerprint density at radius 2 is 2.00 bits per heavy atom. The Morgan fingerprint density at radius 3 is 2.67 bits per heavy atom. The summed E-state index contributed by atoms with van der Waals surface area (Å²) in [4.78, 5) is 0. The first kappa shape index (κ1) is 18.6. The van der Waals surface area contributed by atoms with Gasteiger partial charge in [-0.25, -0.2) is 0 Å². The lowest BCUT2D eigenvalue weighted by atomic mass is 9.74. The van der Waals surface area contributed by atoms with Gasteiger partial charge in [0.1, 0.15) is 11.5 Å². The molecular weight excluding hydrogens is 296 g/mol. The van der Waals surface area contributed by atoms with Crippen molar-refractivity contribution in [3.05, 3.63) is 47.1 Å². The van der Waals surface area contributed by atoms with E-state index in [0.29, 0.717) is 11.8 Å². The van der Waals surface area contributed by atoms with Gasteiger partial charge in [-0.15, -0.1) is 0 Å². The van der Waals surface area contributed by atoms with Crippen molar-refractivity contribution in [2.75, 3.05) is 0 Å². The third-order valence-corrected chi connectivity index (χ3v) is 5.29. The number of phenolic OH excluding ortho intramolecular Hbond substituents is 2. The van der Waals surface area contributed by atoms with E-state index in [1.165, 1.54) is 30.1 Å². The molecule has 0 heterocycles. The molecule has 2 nitrogen and oxygen atoms in total. The van der Waals surface area contributed by atoms with Crippen molar-refractivity contribution < 1.29 is 10.2 Å². The van der Waals surface area contributed by atoms with Gasteiger partial charge >= 0.3 is 0 Å². The minimum absolute atomic E-state index is 0.162. The van der Waals surface area contributed by atoms with Crippen LogP contribution in [0.25, 0.3) is 0 Å². The van der Waals surface area contributed by atoms with E-state index in [1.54, 1.807) is 0 Å². The van der Waals surface area contributed by atoms with Crippen molar-refractivity contribution in [3.8, 4) is 11.5 Å². The van der Waals surface area contributed by atoms with Crippen molar-refractivity contribution in [2.45, 2.75) is 65.7 Å². The highest BCUT2D eigenvalue weighted by atomic mass is 16.3. The van der Waals surface area contributed by atoms with E-state index in [4.69, 9.17) is 0 Å². The molecule has 1 aromatic rings. The largest absolute Gasteiger partial charge is 0.508 e. The van der Waals surface area contributed by atoms with Gasteiger partial charge in [-0.05, 0) is 75.0 Å². The number of allylic oxidation sites excluding steroid dienone is 3. The van der Waals surface area contributed by atoms with E-state index in [9.17, 15) is 10.2 Å². The Morgan fingerprint density at radius 1 is 1.25 bits per heavy atom. The zero-order chi connectivity index (χ0) is 17.7. The van der Waals surface area contributed by atoms with Gasteiger partial charge in [0.05, 0.1) is 0 Å². The summed E-state index contributed by atoms with van der Waals surface area (Å²) in [6.45, 7) is 10.7. The summed E-state index contributed by atoms with van der Waals surface area (Å²) >= 11 is 0. The molecular formula is C22H32O2. The normalized spacial score (nSPS) is 20.7. The summed E-state index contributed by atoms with van der Waals surface area (Å²) in [5.74, 6) is 1.26. The van der Waals surface area contributed by atoms with E-state index in [-0.39, 0.29) is 11.5 Å². The Bertz CT molecular complexity index is 613. The van der Waals surface area contributed by atoms with E-state index in [1.807, 2.05) is 6.07 Å². The maximum atomic E-state index is 10.4. The predicted molar refractivity (Wildman–Crippen MR) is 101 cm³/mol. The Labute approximate surface area is 146 Å². The van der Waals surface area contributed by atoms with E-state index < -0.39 is 0 Å². The average molecular weight is 328 g/mol. The van der Waals surface area contributed by atoms with Crippen LogP contribution in [0.2, 0.25) is 0 Å². The lowest BCUT2D eigenvalue weighted by Gasteiger charge is -2.31. The van der Waals surface area contributed by atoms with E-state index >= 15 is 0 Å². The second-order valence-electron chi connectivity index (χ2n) is 7.43. The maximum absolute atomic E-state index is 10.4. The second-order valence-corrected chi connectivity index (χ2v) is 7.43. The van der Waals surface area contributed by atoms with Crippen LogP contribution >= 0.6 is 0 Å². The standard InChI is InChI=1S/C22H32O2/c1-5-6-7-8-17-12-19(23)14-22(24)21(17)13-18-11-16(4)9-10-20(18)15(2)3/h11-12,14,18,20,23-24H,2,5-10,13H2,1,3-4H3. The van der Waals surface area contributed by atoms with Gasteiger partial charge in [0, 0.05) is 6.07 Å². The molecule has 0 bridgehead atoms. The van der Waals surface area contributed by atoms with Crippen molar-refractivity contribution in [2.24, 2.45) is 11.8 Å². The topological polar surface area (TPSA) is 40.5 Å². The fraction of sp³-hybridized carbons (Fsp3) is 0.545. The second kappa shape index (κ2) is 8.41. The first-order valence-corrected chi connectivity index (χ1v) is 9.28. The van der Waals surface area contributed by atoms with Crippen LogP contribution in [0.1, 0.15) is 64.0 Å². The fourth-order valence-electron chi connectivity index (χ4n) is 3.93. The van der Waals surface area contributed by atoms with Crippen molar-refractivity contribution >= 4 is 0 Å². The van der Waals surface area contributed by atoms with Crippen LogP contribution in [-0.2, 0) is 12.8 Å². The summed E-state index contributed by atoms with van der Waals surface area (Å²) in [5.41, 5.74) is 4.77. The van der Waals surface area contributed by atoms with Crippen LogP contribution in [0.15, 0.2) is 35.9 Å².